The number of rotatable bonds is 5. The van der Waals surface area contributed by atoms with Crippen molar-refractivity contribution in [2.75, 3.05) is 13.2 Å². The summed E-state index contributed by atoms with van der Waals surface area (Å²) in [5.74, 6) is -2.78. The van der Waals surface area contributed by atoms with Crippen LogP contribution in [-0.4, -0.2) is 121 Å². The third-order valence-electron chi connectivity index (χ3n) is 4.28. The molecule has 2 heterocycles. The van der Waals surface area contributed by atoms with E-state index in [1.165, 1.54) is 0 Å². The summed E-state index contributed by atoms with van der Waals surface area (Å²) in [7, 11) is 0. The van der Waals surface area contributed by atoms with Crippen molar-refractivity contribution in [2.45, 2.75) is 60.9 Å². The van der Waals surface area contributed by atoms with Crippen LogP contribution in [0.3, 0.4) is 0 Å². The lowest BCUT2D eigenvalue weighted by atomic mass is 9.92. The highest BCUT2D eigenvalue weighted by atomic mass is 16.7. The van der Waals surface area contributed by atoms with Gasteiger partial charge < -0.3 is 55.1 Å². The highest BCUT2D eigenvalue weighted by molar-refractivity contribution is 5.61. The van der Waals surface area contributed by atoms with Gasteiger partial charge in [-0.25, -0.2) is 0 Å². The number of ether oxygens (including phenoxy) is 3. The molecule has 8 N–H and O–H groups in total. The largest absolute Gasteiger partial charge is 0.394 e. The van der Waals surface area contributed by atoms with Gasteiger partial charge in [0.2, 0.25) is 0 Å². The second kappa shape index (κ2) is 7.85. The number of aldehydes is 1. The lowest BCUT2D eigenvalue weighted by molar-refractivity contribution is -0.370. The highest BCUT2D eigenvalue weighted by Gasteiger charge is 2.55. The van der Waals surface area contributed by atoms with Crippen molar-refractivity contribution in [3.8, 4) is 0 Å². The lowest BCUT2D eigenvalue weighted by Crippen LogP contribution is -2.68. The summed E-state index contributed by atoms with van der Waals surface area (Å²) in [5.41, 5.74) is 0. The Morgan fingerprint density at radius 3 is 2.04 bits per heavy atom. The van der Waals surface area contributed by atoms with E-state index < -0.39 is 74.1 Å². The van der Waals surface area contributed by atoms with E-state index in [0.29, 0.717) is 0 Å². The zero-order valence-corrected chi connectivity index (χ0v) is 12.9. The summed E-state index contributed by atoms with van der Waals surface area (Å²) >= 11 is 0. The van der Waals surface area contributed by atoms with Gasteiger partial charge in [0.15, 0.2) is 12.6 Å². The molecular formula is C13H22O12. The molecule has 0 bridgehead atoms. The number of carbonyl (C=O) groups is 1. The van der Waals surface area contributed by atoms with Crippen LogP contribution < -0.4 is 0 Å². The summed E-state index contributed by atoms with van der Waals surface area (Å²) in [6, 6.07) is 0. The zero-order chi connectivity index (χ0) is 18.9. The standard InChI is InChI=1S/C13H22O12/c14-1-4-6(17)7(18)8(19)12(23-4)24-10-5(2-15)25-13(22,3-16)11(21)9(10)20/h3-12,14-15,17-22H,1-2H2/t4-,5-,6+,7+,8-,9+,10-,11-,12+,13?/m1/s1. The van der Waals surface area contributed by atoms with E-state index >= 15 is 0 Å². The van der Waals surface area contributed by atoms with Crippen LogP contribution >= 0.6 is 0 Å². The van der Waals surface area contributed by atoms with Crippen molar-refractivity contribution >= 4 is 6.29 Å². The van der Waals surface area contributed by atoms with E-state index in [1.807, 2.05) is 0 Å². The molecule has 2 aliphatic heterocycles. The first-order chi connectivity index (χ1) is 11.7. The Hall–Kier alpha value is -0.770. The normalized spacial score (nSPS) is 51.3. The monoisotopic (exact) mass is 370 g/mol. The van der Waals surface area contributed by atoms with Crippen molar-refractivity contribution in [3.63, 3.8) is 0 Å². The average molecular weight is 370 g/mol. The predicted molar refractivity (Wildman–Crippen MR) is 73.6 cm³/mol. The Kier molecular flexibility index (Phi) is 6.45. The number of hydrogen-bond acceptors (Lipinski definition) is 12. The zero-order valence-electron chi connectivity index (χ0n) is 12.9. The molecule has 2 saturated heterocycles. The minimum atomic E-state index is -2.78. The summed E-state index contributed by atoms with van der Waals surface area (Å²) in [4.78, 5) is 10.9. The Morgan fingerprint density at radius 1 is 0.920 bits per heavy atom. The molecule has 12 nitrogen and oxygen atoms in total. The van der Waals surface area contributed by atoms with Gasteiger partial charge in [-0.3, -0.25) is 4.79 Å². The maximum Gasteiger partial charge on any atom is 0.253 e. The molecule has 10 atom stereocenters. The fraction of sp³-hybridized carbons (Fsp3) is 0.923. The van der Waals surface area contributed by atoms with Crippen LogP contribution in [0.1, 0.15) is 0 Å². The van der Waals surface area contributed by atoms with Crippen LogP contribution in [0.25, 0.3) is 0 Å². The number of aliphatic hydroxyl groups excluding tert-OH is 7. The molecule has 0 spiro atoms. The van der Waals surface area contributed by atoms with Gasteiger partial charge in [0, 0.05) is 0 Å². The predicted octanol–water partition coefficient (Wildman–Crippen LogP) is -5.83. The van der Waals surface area contributed by atoms with Crippen LogP contribution in [0, 0.1) is 0 Å². The molecule has 2 fully saturated rings. The lowest BCUT2D eigenvalue weighted by Gasteiger charge is -2.47. The number of hydrogen-bond donors (Lipinski definition) is 8. The van der Waals surface area contributed by atoms with E-state index in [0.717, 1.165) is 0 Å². The Bertz CT molecular complexity index is 458. The van der Waals surface area contributed by atoms with Crippen LogP contribution in [0.4, 0.5) is 0 Å². The van der Waals surface area contributed by atoms with Crippen LogP contribution in [0.2, 0.25) is 0 Å². The summed E-state index contributed by atoms with van der Waals surface area (Å²) < 4.78 is 15.2. The van der Waals surface area contributed by atoms with Crippen LogP contribution in [0.15, 0.2) is 0 Å². The van der Waals surface area contributed by atoms with E-state index in [9.17, 15) is 40.5 Å². The molecule has 0 amide bonds. The third kappa shape index (κ3) is 3.70. The molecule has 1 unspecified atom stereocenters. The van der Waals surface area contributed by atoms with Crippen molar-refractivity contribution in [1.82, 2.24) is 0 Å². The van der Waals surface area contributed by atoms with Gasteiger partial charge in [-0.2, -0.15) is 0 Å². The van der Waals surface area contributed by atoms with Crippen molar-refractivity contribution in [2.24, 2.45) is 0 Å². The minimum Gasteiger partial charge on any atom is -0.394 e. The summed E-state index contributed by atoms with van der Waals surface area (Å²) in [6.45, 7) is -1.56. The molecule has 0 aromatic rings. The molecule has 2 aliphatic rings. The first kappa shape index (κ1) is 20.5. The maximum atomic E-state index is 10.9. The molecule has 0 radical (unpaired) electrons. The summed E-state index contributed by atoms with van der Waals surface area (Å²) in [6.07, 6.45) is -15.5. The van der Waals surface area contributed by atoms with Gasteiger partial charge in [0.25, 0.3) is 5.79 Å². The van der Waals surface area contributed by atoms with Gasteiger partial charge in [0.05, 0.1) is 13.2 Å². The first-order valence-corrected chi connectivity index (χ1v) is 7.49. The molecule has 0 aliphatic carbocycles. The smallest absolute Gasteiger partial charge is 0.253 e. The van der Waals surface area contributed by atoms with Gasteiger partial charge in [-0.1, -0.05) is 0 Å². The highest BCUT2D eigenvalue weighted by Crippen LogP contribution is 2.31. The fourth-order valence-corrected chi connectivity index (χ4v) is 2.76. The van der Waals surface area contributed by atoms with Gasteiger partial charge >= 0.3 is 0 Å². The SMILES string of the molecule is O=CC1(O)O[C@H](CO)[C@@H](O[C@@H]2O[C@H](CO)[C@H](O)[C@H](O)[C@H]2O)[C@H](O)[C@H]1O. The molecule has 25 heavy (non-hydrogen) atoms. The van der Waals surface area contributed by atoms with E-state index in [-0.39, 0.29) is 6.29 Å². The first-order valence-electron chi connectivity index (χ1n) is 7.49. The quantitative estimate of drug-likeness (QED) is 0.213. The van der Waals surface area contributed by atoms with E-state index in [4.69, 9.17) is 19.3 Å². The average Bonchev–Trinajstić information content (AvgIpc) is 2.61. The molecule has 146 valence electrons. The molecular weight excluding hydrogens is 348 g/mol. The molecule has 0 saturated carbocycles. The van der Waals surface area contributed by atoms with Crippen molar-refractivity contribution in [3.05, 3.63) is 0 Å². The van der Waals surface area contributed by atoms with E-state index in [2.05, 4.69) is 0 Å². The third-order valence-corrected chi connectivity index (χ3v) is 4.28. The summed E-state index contributed by atoms with van der Waals surface area (Å²) in [5, 5.41) is 77.5. The molecule has 2 rings (SSSR count). The molecule has 0 aromatic carbocycles. The van der Waals surface area contributed by atoms with Crippen LogP contribution in [-0.2, 0) is 19.0 Å². The van der Waals surface area contributed by atoms with Crippen molar-refractivity contribution in [1.29, 1.82) is 0 Å². The number of carbonyl (C=O) groups excluding carboxylic acids is 1. The molecule has 0 aromatic heterocycles. The second-order valence-electron chi connectivity index (χ2n) is 5.94. The topological polar surface area (TPSA) is 207 Å². The van der Waals surface area contributed by atoms with Crippen molar-refractivity contribution < 1.29 is 59.9 Å². The van der Waals surface area contributed by atoms with Gasteiger partial charge in [0.1, 0.15) is 48.8 Å². The Morgan fingerprint density at radius 2 is 1.52 bits per heavy atom. The van der Waals surface area contributed by atoms with Gasteiger partial charge in [-0.15, -0.1) is 0 Å². The van der Waals surface area contributed by atoms with Gasteiger partial charge in [-0.05, 0) is 0 Å². The minimum absolute atomic E-state index is 0.159. The second-order valence-corrected chi connectivity index (χ2v) is 5.94. The fourth-order valence-electron chi connectivity index (χ4n) is 2.76. The van der Waals surface area contributed by atoms with Crippen LogP contribution in [0.5, 0.6) is 0 Å². The molecule has 12 heteroatoms. The Labute approximate surface area is 141 Å². The maximum absolute atomic E-state index is 10.9. The number of aliphatic hydroxyl groups is 8. The Balaban J connectivity index is 2.18. The van der Waals surface area contributed by atoms with E-state index in [1.54, 1.807) is 0 Å².